The SMILES string of the molecule is Cl.Nc1ccccc1C(=O)NC1CCCS(=O)(=O)C1. The number of sulfone groups is 1. The molecule has 0 saturated carbocycles. The number of anilines is 1. The van der Waals surface area contributed by atoms with Gasteiger partial charge in [0.15, 0.2) is 9.84 Å². The van der Waals surface area contributed by atoms with Gasteiger partial charge >= 0.3 is 0 Å². The minimum absolute atomic E-state index is 0. The molecule has 0 spiro atoms. The summed E-state index contributed by atoms with van der Waals surface area (Å²) in [5.74, 6) is -0.0756. The Morgan fingerprint density at radius 1 is 1.32 bits per heavy atom. The maximum Gasteiger partial charge on any atom is 0.253 e. The summed E-state index contributed by atoms with van der Waals surface area (Å²) < 4.78 is 22.9. The number of carbonyl (C=O) groups excluding carboxylic acids is 1. The van der Waals surface area contributed by atoms with Gasteiger partial charge in [-0.3, -0.25) is 4.79 Å². The fourth-order valence-corrected chi connectivity index (χ4v) is 3.74. The van der Waals surface area contributed by atoms with Crippen LogP contribution >= 0.6 is 12.4 Å². The van der Waals surface area contributed by atoms with Gasteiger partial charge in [0.2, 0.25) is 0 Å². The van der Waals surface area contributed by atoms with E-state index in [1.807, 2.05) is 0 Å². The summed E-state index contributed by atoms with van der Waals surface area (Å²) in [7, 11) is -3.02. The van der Waals surface area contributed by atoms with Crippen molar-refractivity contribution in [3.05, 3.63) is 29.8 Å². The summed E-state index contributed by atoms with van der Waals surface area (Å²) in [4.78, 5) is 12.0. The average molecular weight is 305 g/mol. The highest BCUT2D eigenvalue weighted by Crippen LogP contribution is 2.15. The molecule has 0 radical (unpaired) electrons. The van der Waals surface area contributed by atoms with E-state index in [0.717, 1.165) is 0 Å². The molecule has 1 unspecified atom stereocenters. The van der Waals surface area contributed by atoms with Gasteiger partial charge in [0.25, 0.3) is 5.91 Å². The van der Waals surface area contributed by atoms with Crippen LogP contribution in [0.1, 0.15) is 23.2 Å². The molecule has 1 aromatic rings. The Bertz CT molecular complexity index is 560. The Morgan fingerprint density at radius 3 is 2.63 bits per heavy atom. The van der Waals surface area contributed by atoms with E-state index in [1.54, 1.807) is 24.3 Å². The highest BCUT2D eigenvalue weighted by atomic mass is 35.5. The van der Waals surface area contributed by atoms with Crippen LogP contribution in [-0.2, 0) is 9.84 Å². The molecule has 5 nitrogen and oxygen atoms in total. The fraction of sp³-hybridized carbons (Fsp3) is 0.417. The van der Waals surface area contributed by atoms with Crippen molar-refractivity contribution >= 4 is 33.8 Å². The zero-order valence-corrected chi connectivity index (χ0v) is 12.0. The van der Waals surface area contributed by atoms with Gasteiger partial charge < -0.3 is 11.1 Å². The number of halogens is 1. The van der Waals surface area contributed by atoms with E-state index in [1.165, 1.54) is 0 Å². The summed E-state index contributed by atoms with van der Waals surface area (Å²) in [5.41, 5.74) is 6.49. The smallest absolute Gasteiger partial charge is 0.253 e. The number of rotatable bonds is 2. The van der Waals surface area contributed by atoms with Crippen LogP contribution in [0.25, 0.3) is 0 Å². The molecular weight excluding hydrogens is 288 g/mol. The van der Waals surface area contributed by atoms with Crippen LogP contribution in [-0.4, -0.2) is 31.9 Å². The average Bonchev–Trinajstić information content (AvgIpc) is 2.28. The van der Waals surface area contributed by atoms with Gasteiger partial charge in [-0.2, -0.15) is 0 Å². The van der Waals surface area contributed by atoms with Crippen LogP contribution in [0.3, 0.4) is 0 Å². The number of benzene rings is 1. The highest BCUT2D eigenvalue weighted by molar-refractivity contribution is 7.91. The van der Waals surface area contributed by atoms with Crippen LogP contribution in [0.4, 0.5) is 5.69 Å². The third-order valence-electron chi connectivity index (χ3n) is 3.00. The Morgan fingerprint density at radius 2 is 2.00 bits per heavy atom. The fourth-order valence-electron chi connectivity index (χ4n) is 2.10. The minimum atomic E-state index is -3.02. The van der Waals surface area contributed by atoms with Gasteiger partial charge in [-0.15, -0.1) is 12.4 Å². The number of hydrogen-bond acceptors (Lipinski definition) is 4. The van der Waals surface area contributed by atoms with Crippen LogP contribution in [0.15, 0.2) is 24.3 Å². The number of nitrogens with one attached hydrogen (secondary N) is 1. The lowest BCUT2D eigenvalue weighted by molar-refractivity contribution is 0.0939. The molecule has 1 amide bonds. The van der Waals surface area contributed by atoms with Crippen molar-refractivity contribution in [2.45, 2.75) is 18.9 Å². The summed E-state index contributed by atoms with van der Waals surface area (Å²) in [6.07, 6.45) is 1.29. The quantitative estimate of drug-likeness (QED) is 0.798. The lowest BCUT2D eigenvalue weighted by atomic mass is 10.1. The van der Waals surface area contributed by atoms with Crippen LogP contribution in [0, 0.1) is 0 Å². The number of nitrogens with two attached hydrogens (primary N) is 1. The molecule has 1 aliphatic heterocycles. The van der Waals surface area contributed by atoms with Crippen molar-refractivity contribution in [3.8, 4) is 0 Å². The van der Waals surface area contributed by atoms with E-state index in [9.17, 15) is 13.2 Å². The van der Waals surface area contributed by atoms with Gasteiger partial charge in [-0.1, -0.05) is 12.1 Å². The van der Waals surface area contributed by atoms with E-state index < -0.39 is 9.84 Å². The molecule has 1 fully saturated rings. The maximum atomic E-state index is 12.0. The molecule has 19 heavy (non-hydrogen) atoms. The van der Waals surface area contributed by atoms with Crippen LogP contribution in [0.5, 0.6) is 0 Å². The van der Waals surface area contributed by atoms with Gasteiger partial charge in [0.1, 0.15) is 0 Å². The molecule has 3 N–H and O–H groups in total. The van der Waals surface area contributed by atoms with Gasteiger partial charge in [0, 0.05) is 11.7 Å². The van der Waals surface area contributed by atoms with E-state index in [2.05, 4.69) is 5.32 Å². The zero-order valence-electron chi connectivity index (χ0n) is 10.3. The summed E-state index contributed by atoms with van der Waals surface area (Å²) >= 11 is 0. The molecule has 0 bridgehead atoms. The first kappa shape index (κ1) is 15.8. The second-order valence-electron chi connectivity index (χ2n) is 4.51. The Labute approximate surface area is 118 Å². The predicted molar refractivity (Wildman–Crippen MR) is 77.2 cm³/mol. The minimum Gasteiger partial charge on any atom is -0.398 e. The third-order valence-corrected chi connectivity index (χ3v) is 4.82. The highest BCUT2D eigenvalue weighted by Gasteiger charge is 2.26. The normalized spacial score (nSPS) is 21.2. The molecule has 1 atom stereocenters. The number of hydrogen-bond donors (Lipinski definition) is 2. The van der Waals surface area contributed by atoms with Crippen molar-refractivity contribution in [1.82, 2.24) is 5.32 Å². The van der Waals surface area contributed by atoms with Crippen molar-refractivity contribution < 1.29 is 13.2 Å². The molecule has 0 aromatic heterocycles. The van der Waals surface area contributed by atoms with Crippen molar-refractivity contribution in [1.29, 1.82) is 0 Å². The predicted octanol–water partition coefficient (Wildman–Crippen LogP) is 0.998. The lowest BCUT2D eigenvalue weighted by Crippen LogP contribution is -2.43. The van der Waals surface area contributed by atoms with Crippen LogP contribution < -0.4 is 11.1 Å². The molecule has 1 heterocycles. The molecular formula is C12H17ClN2O3S. The van der Waals surface area contributed by atoms with E-state index in [4.69, 9.17) is 5.73 Å². The third kappa shape index (κ3) is 4.11. The zero-order chi connectivity index (χ0) is 13.2. The maximum absolute atomic E-state index is 12.0. The number of nitrogen functional groups attached to an aromatic ring is 1. The standard InChI is InChI=1S/C12H16N2O3S.ClH/c13-11-6-2-1-5-10(11)12(15)14-9-4-3-7-18(16,17)8-9;/h1-2,5-6,9H,3-4,7-8,13H2,(H,14,15);1H. The number of carbonyl (C=O) groups is 1. The molecule has 1 saturated heterocycles. The Kier molecular flexibility index (Phi) is 5.20. The number of para-hydroxylation sites is 1. The summed E-state index contributed by atoms with van der Waals surface area (Å²) in [6, 6.07) is 6.44. The van der Waals surface area contributed by atoms with E-state index in [0.29, 0.717) is 24.1 Å². The van der Waals surface area contributed by atoms with E-state index in [-0.39, 0.29) is 35.9 Å². The lowest BCUT2D eigenvalue weighted by Gasteiger charge is -2.23. The van der Waals surface area contributed by atoms with Gasteiger partial charge in [0.05, 0.1) is 17.1 Å². The van der Waals surface area contributed by atoms with Crippen molar-refractivity contribution in [3.63, 3.8) is 0 Å². The van der Waals surface area contributed by atoms with Crippen molar-refractivity contribution in [2.24, 2.45) is 0 Å². The first-order valence-electron chi connectivity index (χ1n) is 5.84. The Hall–Kier alpha value is -1.27. The topological polar surface area (TPSA) is 89.3 Å². The molecule has 1 aromatic carbocycles. The Balaban J connectivity index is 0.00000180. The second-order valence-corrected chi connectivity index (χ2v) is 6.74. The van der Waals surface area contributed by atoms with Crippen molar-refractivity contribution in [2.75, 3.05) is 17.2 Å². The van der Waals surface area contributed by atoms with E-state index >= 15 is 0 Å². The first-order chi connectivity index (χ1) is 8.48. The molecule has 2 rings (SSSR count). The largest absolute Gasteiger partial charge is 0.398 e. The molecule has 7 heteroatoms. The molecule has 0 aliphatic carbocycles. The summed E-state index contributed by atoms with van der Waals surface area (Å²) in [5, 5.41) is 2.73. The van der Waals surface area contributed by atoms with Gasteiger partial charge in [-0.05, 0) is 25.0 Å². The molecule has 1 aliphatic rings. The summed E-state index contributed by atoms with van der Waals surface area (Å²) in [6.45, 7) is 0. The monoisotopic (exact) mass is 304 g/mol. The van der Waals surface area contributed by atoms with Gasteiger partial charge in [-0.25, -0.2) is 8.42 Å². The first-order valence-corrected chi connectivity index (χ1v) is 7.66. The number of amides is 1. The molecule has 106 valence electrons. The van der Waals surface area contributed by atoms with Crippen LogP contribution in [0.2, 0.25) is 0 Å². The second kappa shape index (κ2) is 6.25.